The third kappa shape index (κ3) is 4.31. The van der Waals surface area contributed by atoms with Gasteiger partial charge in [0.2, 0.25) is 0 Å². The van der Waals surface area contributed by atoms with Crippen molar-refractivity contribution in [1.82, 2.24) is 9.55 Å². The van der Waals surface area contributed by atoms with E-state index in [1.165, 1.54) is 23.0 Å². The fraction of sp³-hybridized carbons (Fsp3) is 0.0833. The van der Waals surface area contributed by atoms with Crippen molar-refractivity contribution >= 4 is 28.5 Å². The zero-order chi connectivity index (χ0) is 22.7. The Balaban J connectivity index is 1.58. The van der Waals surface area contributed by atoms with E-state index in [0.717, 1.165) is 0 Å². The van der Waals surface area contributed by atoms with Crippen molar-refractivity contribution in [2.24, 2.45) is 0 Å². The Labute approximate surface area is 187 Å². The minimum absolute atomic E-state index is 0.152. The highest BCUT2D eigenvalue weighted by molar-refractivity contribution is 6.31. The summed E-state index contributed by atoms with van der Waals surface area (Å²) in [4.78, 5) is 28.3. The highest BCUT2D eigenvalue weighted by atomic mass is 35.5. The lowest BCUT2D eigenvalue weighted by Crippen LogP contribution is -2.23. The normalized spacial score (nSPS) is 10.6. The van der Waals surface area contributed by atoms with Crippen LogP contribution in [0.2, 0.25) is 5.02 Å². The summed E-state index contributed by atoms with van der Waals surface area (Å²) in [6, 6.07) is 18.4. The van der Waals surface area contributed by atoms with Gasteiger partial charge in [0, 0.05) is 10.6 Å². The fourth-order valence-electron chi connectivity index (χ4n) is 3.32. The molecule has 0 saturated heterocycles. The summed E-state index contributed by atoms with van der Waals surface area (Å²) in [5.74, 6) is -0.524. The minimum atomic E-state index is -1.03. The molecule has 0 amide bonds. The number of ether oxygens (including phenoxy) is 1. The molecule has 158 valence electrons. The number of hydrogen-bond acceptors (Lipinski definition) is 5. The van der Waals surface area contributed by atoms with Crippen LogP contribution in [0.5, 0.6) is 5.75 Å². The van der Waals surface area contributed by atoms with Crippen LogP contribution in [0.25, 0.3) is 22.0 Å². The average molecular weight is 446 g/mol. The summed E-state index contributed by atoms with van der Waals surface area (Å²) >= 11 is 6.15. The highest BCUT2D eigenvalue weighted by Crippen LogP contribution is 2.33. The van der Waals surface area contributed by atoms with E-state index in [0.29, 0.717) is 38.4 Å². The maximum Gasteiger partial charge on any atom is 0.335 e. The van der Waals surface area contributed by atoms with Crippen molar-refractivity contribution in [3.05, 3.63) is 93.5 Å². The minimum Gasteiger partial charge on any atom is -0.491 e. The third-order valence-electron chi connectivity index (χ3n) is 4.91. The molecule has 0 aliphatic carbocycles. The van der Waals surface area contributed by atoms with E-state index in [9.17, 15) is 14.7 Å². The van der Waals surface area contributed by atoms with Gasteiger partial charge in [-0.25, -0.2) is 9.78 Å². The van der Waals surface area contributed by atoms with Crippen LogP contribution >= 0.6 is 11.6 Å². The van der Waals surface area contributed by atoms with Crippen LogP contribution in [0.3, 0.4) is 0 Å². The first-order valence-corrected chi connectivity index (χ1v) is 9.99. The van der Waals surface area contributed by atoms with Crippen LogP contribution in [0.15, 0.2) is 71.8 Å². The van der Waals surface area contributed by atoms with Crippen LogP contribution in [-0.4, -0.2) is 27.2 Å². The second kappa shape index (κ2) is 8.92. The molecular weight excluding hydrogens is 430 g/mol. The van der Waals surface area contributed by atoms with E-state index in [2.05, 4.69) is 4.98 Å². The first kappa shape index (κ1) is 21.1. The molecule has 4 rings (SSSR count). The number of nitrogens with zero attached hydrogens (tertiary/aromatic N) is 3. The molecule has 3 aromatic carbocycles. The van der Waals surface area contributed by atoms with Crippen LogP contribution in [0.1, 0.15) is 15.9 Å². The quantitative estimate of drug-likeness (QED) is 0.472. The fourth-order valence-corrected chi connectivity index (χ4v) is 3.49. The maximum atomic E-state index is 12.8. The first-order valence-electron chi connectivity index (χ1n) is 9.61. The maximum absolute atomic E-state index is 12.8. The molecular formula is C24H16ClN3O4. The summed E-state index contributed by atoms with van der Waals surface area (Å²) in [6.07, 6.45) is 1.44. The largest absolute Gasteiger partial charge is 0.491 e. The van der Waals surface area contributed by atoms with E-state index in [1.807, 2.05) is 6.07 Å². The standard InChI is InChI=1S/C24H16ClN3O4/c25-18-5-7-22(19(12-18)16-2-1-3-17(11-16)24(30)31)32-9-8-28-14-27-21-6-4-15(13-26)10-20(21)23(28)29/h1-7,10-12,14H,8-9H2,(H,30,31). The SMILES string of the molecule is N#Cc1ccc2ncn(CCOc3ccc(Cl)cc3-c3cccc(C(=O)O)c3)c(=O)c2c1. The Morgan fingerprint density at radius 1 is 1.16 bits per heavy atom. The van der Waals surface area contributed by atoms with Gasteiger partial charge in [-0.05, 0) is 54.1 Å². The Bertz CT molecular complexity index is 1440. The molecule has 0 bridgehead atoms. The van der Waals surface area contributed by atoms with Gasteiger partial charge in [-0.1, -0.05) is 23.7 Å². The number of rotatable bonds is 6. The van der Waals surface area contributed by atoms with E-state index in [4.69, 9.17) is 21.6 Å². The number of fused-ring (bicyclic) bond motifs is 1. The Morgan fingerprint density at radius 3 is 2.78 bits per heavy atom. The Kier molecular flexibility index (Phi) is 5.88. The van der Waals surface area contributed by atoms with Crippen LogP contribution in [0.4, 0.5) is 0 Å². The molecule has 0 spiro atoms. The summed E-state index contributed by atoms with van der Waals surface area (Å²) in [5, 5.41) is 19.2. The number of carbonyl (C=O) groups is 1. The van der Waals surface area contributed by atoms with Gasteiger partial charge in [0.25, 0.3) is 5.56 Å². The van der Waals surface area contributed by atoms with Crippen LogP contribution < -0.4 is 10.3 Å². The molecule has 1 heterocycles. The van der Waals surface area contributed by atoms with Gasteiger partial charge in [-0.15, -0.1) is 0 Å². The molecule has 0 aliphatic rings. The number of hydrogen-bond donors (Lipinski definition) is 1. The molecule has 4 aromatic rings. The molecule has 0 atom stereocenters. The summed E-state index contributed by atoms with van der Waals surface area (Å²) in [5.41, 5.74) is 2.09. The van der Waals surface area contributed by atoms with E-state index < -0.39 is 5.97 Å². The predicted octanol–water partition coefficient (Wildman–Crippen LogP) is 4.37. The predicted molar refractivity (Wildman–Crippen MR) is 120 cm³/mol. The van der Waals surface area contributed by atoms with E-state index in [1.54, 1.807) is 48.5 Å². The summed E-state index contributed by atoms with van der Waals surface area (Å²) in [6.45, 7) is 0.397. The second-order valence-electron chi connectivity index (χ2n) is 6.96. The van der Waals surface area contributed by atoms with Gasteiger partial charge in [-0.2, -0.15) is 5.26 Å². The lowest BCUT2D eigenvalue weighted by Gasteiger charge is -2.13. The van der Waals surface area contributed by atoms with Gasteiger partial charge < -0.3 is 9.84 Å². The number of nitriles is 1. The van der Waals surface area contributed by atoms with Crippen molar-refractivity contribution in [1.29, 1.82) is 5.26 Å². The molecule has 32 heavy (non-hydrogen) atoms. The second-order valence-corrected chi connectivity index (χ2v) is 7.40. The number of halogens is 1. The zero-order valence-electron chi connectivity index (χ0n) is 16.7. The molecule has 7 nitrogen and oxygen atoms in total. The van der Waals surface area contributed by atoms with Gasteiger partial charge in [0.15, 0.2) is 0 Å². The van der Waals surface area contributed by atoms with Crippen molar-refractivity contribution < 1.29 is 14.6 Å². The van der Waals surface area contributed by atoms with E-state index in [-0.39, 0.29) is 24.3 Å². The molecule has 0 saturated carbocycles. The van der Waals surface area contributed by atoms with Crippen LogP contribution in [-0.2, 0) is 6.54 Å². The smallest absolute Gasteiger partial charge is 0.335 e. The molecule has 0 fully saturated rings. The highest BCUT2D eigenvalue weighted by Gasteiger charge is 2.11. The van der Waals surface area contributed by atoms with Crippen molar-refractivity contribution in [2.45, 2.75) is 6.54 Å². The molecule has 1 N–H and O–H groups in total. The summed E-state index contributed by atoms with van der Waals surface area (Å²) in [7, 11) is 0. The lowest BCUT2D eigenvalue weighted by molar-refractivity contribution is 0.0697. The van der Waals surface area contributed by atoms with Crippen LogP contribution in [0, 0.1) is 11.3 Å². The first-order chi connectivity index (χ1) is 15.5. The summed E-state index contributed by atoms with van der Waals surface area (Å²) < 4.78 is 7.34. The van der Waals surface area contributed by atoms with Gasteiger partial charge in [0.1, 0.15) is 12.4 Å². The lowest BCUT2D eigenvalue weighted by atomic mass is 10.0. The number of aromatic nitrogens is 2. The molecule has 0 aliphatic heterocycles. The monoisotopic (exact) mass is 445 g/mol. The third-order valence-corrected chi connectivity index (χ3v) is 5.14. The van der Waals surface area contributed by atoms with Gasteiger partial charge in [-0.3, -0.25) is 9.36 Å². The van der Waals surface area contributed by atoms with Crippen molar-refractivity contribution in [3.8, 4) is 22.9 Å². The molecule has 8 heteroatoms. The van der Waals surface area contributed by atoms with E-state index >= 15 is 0 Å². The molecule has 0 radical (unpaired) electrons. The van der Waals surface area contributed by atoms with Crippen molar-refractivity contribution in [2.75, 3.05) is 6.61 Å². The number of carboxylic acids is 1. The van der Waals surface area contributed by atoms with Gasteiger partial charge in [0.05, 0.1) is 41.0 Å². The Morgan fingerprint density at radius 2 is 2.00 bits per heavy atom. The van der Waals surface area contributed by atoms with Gasteiger partial charge >= 0.3 is 5.97 Å². The number of aromatic carboxylic acids is 1. The number of carboxylic acid groups (broad SMARTS) is 1. The zero-order valence-corrected chi connectivity index (χ0v) is 17.4. The average Bonchev–Trinajstić information content (AvgIpc) is 2.81. The number of benzene rings is 3. The molecule has 0 unspecified atom stereocenters. The topological polar surface area (TPSA) is 105 Å². The Hall–Kier alpha value is -4.15. The molecule has 1 aromatic heterocycles. The van der Waals surface area contributed by atoms with Crippen molar-refractivity contribution in [3.63, 3.8) is 0 Å².